The van der Waals surface area contributed by atoms with Gasteiger partial charge in [0, 0.05) is 18.2 Å². The van der Waals surface area contributed by atoms with Crippen LogP contribution in [-0.4, -0.2) is 42.1 Å². The normalized spacial score (nSPS) is 13.7. The molecule has 6 heteroatoms. The molecule has 0 amide bonds. The average molecular weight is 279 g/mol. The van der Waals surface area contributed by atoms with Crippen molar-refractivity contribution in [1.82, 2.24) is 10.3 Å². The molecule has 0 atom stereocenters. The van der Waals surface area contributed by atoms with Gasteiger partial charge in [0.25, 0.3) is 6.47 Å². The van der Waals surface area contributed by atoms with E-state index in [9.17, 15) is 0 Å². The van der Waals surface area contributed by atoms with Crippen LogP contribution < -0.4 is 10.1 Å². The summed E-state index contributed by atoms with van der Waals surface area (Å²) in [7, 11) is 0. The van der Waals surface area contributed by atoms with E-state index in [-0.39, 0.29) is 11.9 Å². The number of carboxylic acid groups (broad SMARTS) is 1. The molecule has 0 saturated carbocycles. The largest absolute Gasteiger partial charge is 0.484 e. The van der Waals surface area contributed by atoms with E-state index in [1.165, 1.54) is 0 Å². The minimum absolute atomic E-state index is 0.0124. The molecule has 2 heterocycles. The lowest BCUT2D eigenvalue weighted by molar-refractivity contribution is -0.122. The molecule has 2 N–H and O–H groups in total. The Balaban J connectivity index is 0.000000612. The number of nitrogens with one attached hydrogen (secondary N) is 1. The van der Waals surface area contributed by atoms with Crippen molar-refractivity contribution in [2.24, 2.45) is 4.99 Å². The fraction of sp³-hybridized carbons (Fsp3) is 0.500. The lowest BCUT2D eigenvalue weighted by Gasteiger charge is -2.21. The second-order valence-electron chi connectivity index (χ2n) is 5.25. The van der Waals surface area contributed by atoms with E-state index in [0.29, 0.717) is 6.61 Å². The summed E-state index contributed by atoms with van der Waals surface area (Å²) in [6.07, 6.45) is 1.80. The Bertz CT molecular complexity index is 467. The number of hydrogen-bond donors (Lipinski definition) is 2. The molecule has 0 saturated heterocycles. The Kier molecular flexibility index (Phi) is 5.96. The zero-order chi connectivity index (χ0) is 15.0. The number of pyridine rings is 1. The van der Waals surface area contributed by atoms with Crippen LogP contribution in [0.1, 0.15) is 26.5 Å². The highest BCUT2D eigenvalue weighted by Crippen LogP contribution is 2.28. The van der Waals surface area contributed by atoms with Crippen LogP contribution in [0.5, 0.6) is 5.75 Å². The second-order valence-corrected chi connectivity index (χ2v) is 5.25. The number of rotatable bonds is 3. The van der Waals surface area contributed by atoms with Crippen LogP contribution in [0.4, 0.5) is 0 Å². The summed E-state index contributed by atoms with van der Waals surface area (Å²) in [5, 5.41) is 10.1. The van der Waals surface area contributed by atoms with Gasteiger partial charge in [-0.15, -0.1) is 0 Å². The molecule has 110 valence electrons. The van der Waals surface area contributed by atoms with E-state index in [2.05, 4.69) is 36.1 Å². The number of nitrogens with zero attached hydrogens (tertiary/aromatic N) is 2. The van der Waals surface area contributed by atoms with Crippen molar-refractivity contribution >= 4 is 12.3 Å². The molecule has 0 fully saturated rings. The Morgan fingerprint density at radius 2 is 2.20 bits per heavy atom. The van der Waals surface area contributed by atoms with Gasteiger partial charge in [-0.05, 0) is 12.1 Å². The third-order valence-corrected chi connectivity index (χ3v) is 2.59. The number of amidine groups is 1. The van der Waals surface area contributed by atoms with E-state index in [1.54, 1.807) is 6.20 Å². The average Bonchev–Trinajstić information content (AvgIpc) is 2.90. The zero-order valence-corrected chi connectivity index (χ0v) is 12.1. The van der Waals surface area contributed by atoms with Gasteiger partial charge in [0.1, 0.15) is 18.2 Å². The van der Waals surface area contributed by atoms with Gasteiger partial charge in [-0.25, -0.2) is 0 Å². The van der Waals surface area contributed by atoms with Crippen molar-refractivity contribution in [1.29, 1.82) is 0 Å². The first-order valence-corrected chi connectivity index (χ1v) is 6.42. The van der Waals surface area contributed by atoms with Gasteiger partial charge in [0.05, 0.1) is 12.2 Å². The molecule has 0 unspecified atom stereocenters. The van der Waals surface area contributed by atoms with Crippen LogP contribution >= 0.6 is 0 Å². The van der Waals surface area contributed by atoms with Gasteiger partial charge in [0.15, 0.2) is 0 Å². The van der Waals surface area contributed by atoms with Crippen LogP contribution in [0.3, 0.4) is 0 Å². The fourth-order valence-corrected chi connectivity index (χ4v) is 1.76. The predicted molar refractivity (Wildman–Crippen MR) is 77.4 cm³/mol. The molecule has 0 aromatic carbocycles. The van der Waals surface area contributed by atoms with Crippen LogP contribution in [0.15, 0.2) is 23.3 Å². The molecule has 0 bridgehead atoms. The van der Waals surface area contributed by atoms with Gasteiger partial charge in [-0.2, -0.15) is 0 Å². The molecule has 1 aliphatic heterocycles. The van der Waals surface area contributed by atoms with Crippen molar-refractivity contribution in [3.05, 3.63) is 24.0 Å². The second kappa shape index (κ2) is 7.47. The van der Waals surface area contributed by atoms with Crippen LogP contribution in [0, 0.1) is 0 Å². The number of aliphatic imine (C=N–C) groups is 1. The first-order valence-electron chi connectivity index (χ1n) is 6.42. The topological polar surface area (TPSA) is 83.8 Å². The maximum atomic E-state index is 8.36. The van der Waals surface area contributed by atoms with Gasteiger partial charge >= 0.3 is 0 Å². The van der Waals surface area contributed by atoms with Gasteiger partial charge in [0.2, 0.25) is 0 Å². The van der Waals surface area contributed by atoms with Gasteiger partial charge in [-0.1, -0.05) is 20.8 Å². The van der Waals surface area contributed by atoms with E-state index in [0.717, 1.165) is 30.4 Å². The summed E-state index contributed by atoms with van der Waals surface area (Å²) in [6.45, 7) is 8.40. The highest BCUT2D eigenvalue weighted by molar-refractivity contribution is 5.85. The molecular weight excluding hydrogens is 258 g/mol. The Labute approximate surface area is 118 Å². The quantitative estimate of drug-likeness (QED) is 0.818. The minimum atomic E-state index is -0.250. The van der Waals surface area contributed by atoms with Crippen molar-refractivity contribution in [3.63, 3.8) is 0 Å². The van der Waals surface area contributed by atoms with Crippen molar-refractivity contribution in [2.75, 3.05) is 19.7 Å². The monoisotopic (exact) mass is 279 g/mol. The van der Waals surface area contributed by atoms with Crippen LogP contribution in [0.25, 0.3) is 0 Å². The first kappa shape index (κ1) is 15.9. The smallest absolute Gasteiger partial charge is 0.290 e. The molecule has 20 heavy (non-hydrogen) atoms. The summed E-state index contributed by atoms with van der Waals surface area (Å²) < 4.78 is 5.79. The number of aromatic nitrogens is 1. The summed E-state index contributed by atoms with van der Waals surface area (Å²) in [5.41, 5.74) is 0.972. The lowest BCUT2D eigenvalue weighted by atomic mass is 9.91. The molecule has 1 aromatic rings. The van der Waals surface area contributed by atoms with Crippen LogP contribution in [-0.2, 0) is 10.2 Å². The lowest BCUT2D eigenvalue weighted by Crippen LogP contribution is -2.26. The number of carbonyl (C=O) groups is 1. The van der Waals surface area contributed by atoms with Crippen molar-refractivity contribution in [2.45, 2.75) is 26.2 Å². The highest BCUT2D eigenvalue weighted by Gasteiger charge is 2.20. The van der Waals surface area contributed by atoms with Crippen molar-refractivity contribution in [3.8, 4) is 5.75 Å². The van der Waals surface area contributed by atoms with E-state index in [4.69, 9.17) is 14.6 Å². The number of hydrogen-bond acceptors (Lipinski definition) is 5. The summed E-state index contributed by atoms with van der Waals surface area (Å²) in [6, 6.07) is 3.86. The molecular formula is C14H21N3O3. The molecule has 1 aliphatic rings. The SMILES string of the molecule is CC(C)(C)c1ncccc1OCC1=NCCN1.O=CO. The van der Waals surface area contributed by atoms with E-state index < -0.39 is 0 Å². The molecule has 2 rings (SSSR count). The molecule has 0 aliphatic carbocycles. The fourth-order valence-electron chi connectivity index (χ4n) is 1.76. The van der Waals surface area contributed by atoms with E-state index in [1.807, 2.05) is 12.1 Å². The predicted octanol–water partition coefficient (Wildman–Crippen LogP) is 1.46. The van der Waals surface area contributed by atoms with Gasteiger partial charge in [-0.3, -0.25) is 14.8 Å². The molecule has 0 spiro atoms. The Morgan fingerprint density at radius 1 is 1.50 bits per heavy atom. The number of ether oxygens (including phenoxy) is 1. The summed E-state index contributed by atoms with van der Waals surface area (Å²) in [4.78, 5) is 17.1. The Hall–Kier alpha value is -2.11. The van der Waals surface area contributed by atoms with Crippen molar-refractivity contribution < 1.29 is 14.6 Å². The summed E-state index contributed by atoms with van der Waals surface area (Å²) in [5.74, 6) is 1.77. The maximum Gasteiger partial charge on any atom is 0.290 e. The van der Waals surface area contributed by atoms with Gasteiger partial charge < -0.3 is 15.2 Å². The van der Waals surface area contributed by atoms with E-state index >= 15 is 0 Å². The first-order chi connectivity index (χ1) is 9.49. The Morgan fingerprint density at radius 3 is 2.75 bits per heavy atom. The molecule has 0 radical (unpaired) electrons. The molecule has 1 aromatic heterocycles. The third kappa shape index (κ3) is 4.87. The standard InChI is InChI=1S/C13H19N3O.CH2O2/c1-13(2,3)12-10(5-4-6-16-12)17-9-11-14-7-8-15-11;2-1-3/h4-6H,7-9H2,1-3H3,(H,14,15);1H,(H,2,3). The maximum absolute atomic E-state index is 8.36. The minimum Gasteiger partial charge on any atom is -0.484 e. The highest BCUT2D eigenvalue weighted by atomic mass is 16.5. The molecule has 6 nitrogen and oxygen atoms in total. The zero-order valence-electron chi connectivity index (χ0n) is 12.1. The summed E-state index contributed by atoms with van der Waals surface area (Å²) >= 11 is 0. The van der Waals surface area contributed by atoms with Crippen LogP contribution in [0.2, 0.25) is 0 Å². The third-order valence-electron chi connectivity index (χ3n) is 2.59.